The molecule has 18 heavy (non-hydrogen) atoms. The average molecular weight is 392 g/mol. The fourth-order valence-corrected chi connectivity index (χ4v) is 2.30. The van der Waals surface area contributed by atoms with E-state index in [0.717, 1.165) is 14.6 Å². The molecule has 0 aliphatic heterocycles. The summed E-state index contributed by atoms with van der Waals surface area (Å²) in [5.74, 6) is 1.19. The maximum absolute atomic E-state index is 6.14. The Morgan fingerprint density at radius 1 is 1.28 bits per heavy atom. The van der Waals surface area contributed by atoms with E-state index in [4.69, 9.17) is 11.6 Å². The number of benzene rings is 1. The highest BCUT2D eigenvalue weighted by atomic mass is 79.9. The molecule has 0 amide bonds. The molecular formula is C11H9Br2ClN4. The largest absolute Gasteiger partial charge is 0.357 e. The van der Waals surface area contributed by atoms with Crippen molar-refractivity contribution in [2.45, 2.75) is 0 Å². The van der Waals surface area contributed by atoms with Crippen molar-refractivity contribution < 1.29 is 0 Å². The minimum Gasteiger partial charge on any atom is -0.357 e. The van der Waals surface area contributed by atoms with Crippen LogP contribution in [0.1, 0.15) is 0 Å². The highest BCUT2D eigenvalue weighted by Crippen LogP contribution is 2.30. The van der Waals surface area contributed by atoms with Crippen LogP contribution in [0.5, 0.6) is 0 Å². The lowest BCUT2D eigenvalue weighted by Gasteiger charge is -2.10. The predicted molar refractivity (Wildman–Crippen MR) is 81.7 cm³/mol. The van der Waals surface area contributed by atoms with Gasteiger partial charge in [-0.15, -0.1) is 0 Å². The number of hydrogen-bond acceptors (Lipinski definition) is 4. The molecule has 7 heteroatoms. The maximum Gasteiger partial charge on any atom is 0.224 e. The number of nitrogens with one attached hydrogen (secondary N) is 2. The number of halogens is 3. The number of rotatable bonds is 3. The molecule has 1 aromatic heterocycles. The molecule has 2 aromatic rings. The number of anilines is 3. The molecule has 0 spiro atoms. The molecule has 4 nitrogen and oxygen atoms in total. The summed E-state index contributed by atoms with van der Waals surface area (Å²) < 4.78 is 1.69. The summed E-state index contributed by atoms with van der Waals surface area (Å²) in [5.41, 5.74) is 0.779. The number of hydrogen-bond donors (Lipinski definition) is 2. The van der Waals surface area contributed by atoms with E-state index in [1.54, 1.807) is 13.2 Å². The molecule has 2 rings (SSSR count). The van der Waals surface area contributed by atoms with Crippen molar-refractivity contribution in [2.24, 2.45) is 0 Å². The van der Waals surface area contributed by atoms with E-state index in [-0.39, 0.29) is 0 Å². The van der Waals surface area contributed by atoms with E-state index in [1.807, 2.05) is 18.2 Å². The Hall–Kier alpha value is -0.850. The Labute approximate surface area is 126 Å². The first kappa shape index (κ1) is 13.6. The van der Waals surface area contributed by atoms with Crippen LogP contribution in [0, 0.1) is 0 Å². The molecule has 0 bridgehead atoms. The van der Waals surface area contributed by atoms with Gasteiger partial charge in [0.1, 0.15) is 5.82 Å². The topological polar surface area (TPSA) is 49.8 Å². The number of aromatic nitrogens is 2. The third-order valence-corrected chi connectivity index (χ3v) is 3.54. The molecular weight excluding hydrogens is 383 g/mol. The third kappa shape index (κ3) is 3.13. The Kier molecular flexibility index (Phi) is 4.42. The average Bonchev–Trinajstić information content (AvgIpc) is 2.35. The van der Waals surface area contributed by atoms with Crippen LogP contribution in [-0.2, 0) is 0 Å². The van der Waals surface area contributed by atoms with Crippen molar-refractivity contribution in [1.29, 1.82) is 0 Å². The van der Waals surface area contributed by atoms with E-state index in [1.165, 1.54) is 0 Å². The van der Waals surface area contributed by atoms with E-state index >= 15 is 0 Å². The summed E-state index contributed by atoms with van der Waals surface area (Å²) >= 11 is 12.9. The molecule has 0 atom stereocenters. The van der Waals surface area contributed by atoms with Crippen LogP contribution >= 0.6 is 43.5 Å². The minimum atomic E-state index is 0.536. The Morgan fingerprint density at radius 3 is 2.72 bits per heavy atom. The summed E-state index contributed by atoms with van der Waals surface area (Å²) in [7, 11) is 1.76. The summed E-state index contributed by atoms with van der Waals surface area (Å²) in [6.45, 7) is 0. The summed E-state index contributed by atoms with van der Waals surface area (Å²) in [4.78, 5) is 8.39. The zero-order valence-electron chi connectivity index (χ0n) is 9.34. The van der Waals surface area contributed by atoms with E-state index < -0.39 is 0 Å². The van der Waals surface area contributed by atoms with Crippen LogP contribution < -0.4 is 10.6 Å². The van der Waals surface area contributed by atoms with Gasteiger partial charge in [-0.3, -0.25) is 0 Å². The minimum absolute atomic E-state index is 0.536. The molecule has 0 saturated heterocycles. The van der Waals surface area contributed by atoms with Crippen LogP contribution in [0.4, 0.5) is 17.5 Å². The maximum atomic E-state index is 6.14. The fourth-order valence-electron chi connectivity index (χ4n) is 1.29. The van der Waals surface area contributed by atoms with Gasteiger partial charge in [0, 0.05) is 17.7 Å². The van der Waals surface area contributed by atoms with E-state index in [9.17, 15) is 0 Å². The highest BCUT2D eigenvalue weighted by Gasteiger charge is 2.07. The van der Waals surface area contributed by atoms with Crippen molar-refractivity contribution in [2.75, 3.05) is 17.7 Å². The number of nitrogens with zero attached hydrogens (tertiary/aromatic N) is 2. The fraction of sp³-hybridized carbons (Fsp3) is 0.0909. The van der Waals surface area contributed by atoms with Crippen LogP contribution in [0.3, 0.4) is 0 Å². The second kappa shape index (κ2) is 5.86. The molecule has 0 unspecified atom stereocenters. The zero-order chi connectivity index (χ0) is 13.1. The predicted octanol–water partition coefficient (Wildman–Crippen LogP) is 4.44. The Balaban J connectivity index is 2.33. The van der Waals surface area contributed by atoms with Crippen LogP contribution in [0.25, 0.3) is 0 Å². The summed E-state index contributed by atoms with van der Waals surface area (Å²) in [6, 6.07) is 5.60. The summed E-state index contributed by atoms with van der Waals surface area (Å²) in [5, 5.41) is 6.64. The van der Waals surface area contributed by atoms with Gasteiger partial charge >= 0.3 is 0 Å². The standard InChI is InChI=1S/C11H9Br2ClN4/c1-15-11-16-5-7(13)10(18-11)17-9-3-2-6(12)4-8(9)14/h2-5H,1H3,(H2,15,16,17,18). The van der Waals surface area contributed by atoms with Gasteiger partial charge < -0.3 is 10.6 Å². The molecule has 0 saturated carbocycles. The van der Waals surface area contributed by atoms with Gasteiger partial charge in [0.15, 0.2) is 0 Å². The third-order valence-electron chi connectivity index (χ3n) is 2.15. The molecule has 0 aliphatic rings. The van der Waals surface area contributed by atoms with Gasteiger partial charge in [0.2, 0.25) is 5.95 Å². The second-order valence-corrected chi connectivity index (χ2v) is 5.57. The van der Waals surface area contributed by atoms with Gasteiger partial charge in [-0.1, -0.05) is 27.5 Å². The first-order chi connectivity index (χ1) is 8.60. The first-order valence-electron chi connectivity index (χ1n) is 5.02. The van der Waals surface area contributed by atoms with Gasteiger partial charge in [-0.2, -0.15) is 4.98 Å². The monoisotopic (exact) mass is 390 g/mol. The van der Waals surface area contributed by atoms with Crippen molar-refractivity contribution >= 4 is 60.9 Å². The Morgan fingerprint density at radius 2 is 2.06 bits per heavy atom. The molecule has 0 aliphatic carbocycles. The smallest absolute Gasteiger partial charge is 0.224 e. The molecule has 0 radical (unpaired) electrons. The lowest BCUT2D eigenvalue weighted by Crippen LogP contribution is -2.01. The van der Waals surface area contributed by atoms with E-state index in [0.29, 0.717) is 16.8 Å². The lowest BCUT2D eigenvalue weighted by atomic mass is 10.3. The quantitative estimate of drug-likeness (QED) is 0.811. The van der Waals surface area contributed by atoms with Gasteiger partial charge in [0.05, 0.1) is 15.2 Å². The second-order valence-electron chi connectivity index (χ2n) is 3.39. The molecule has 2 N–H and O–H groups in total. The van der Waals surface area contributed by atoms with Crippen LogP contribution in [0.15, 0.2) is 33.3 Å². The SMILES string of the molecule is CNc1ncc(Br)c(Nc2ccc(Br)cc2Cl)n1. The van der Waals surface area contributed by atoms with Crippen LogP contribution in [-0.4, -0.2) is 17.0 Å². The normalized spacial score (nSPS) is 10.2. The molecule has 1 heterocycles. The lowest BCUT2D eigenvalue weighted by molar-refractivity contribution is 1.14. The molecule has 1 aromatic carbocycles. The highest BCUT2D eigenvalue weighted by molar-refractivity contribution is 9.10. The van der Waals surface area contributed by atoms with Crippen molar-refractivity contribution in [1.82, 2.24) is 9.97 Å². The zero-order valence-corrected chi connectivity index (χ0v) is 13.3. The van der Waals surface area contributed by atoms with Crippen molar-refractivity contribution in [3.05, 3.63) is 38.4 Å². The summed E-state index contributed by atoms with van der Waals surface area (Å²) in [6.07, 6.45) is 1.67. The first-order valence-corrected chi connectivity index (χ1v) is 6.99. The van der Waals surface area contributed by atoms with Crippen molar-refractivity contribution in [3.63, 3.8) is 0 Å². The van der Waals surface area contributed by atoms with Crippen molar-refractivity contribution in [3.8, 4) is 0 Å². The van der Waals surface area contributed by atoms with Gasteiger partial charge in [-0.25, -0.2) is 4.98 Å². The van der Waals surface area contributed by atoms with Gasteiger partial charge in [-0.05, 0) is 34.1 Å². The van der Waals surface area contributed by atoms with Gasteiger partial charge in [0.25, 0.3) is 0 Å². The van der Waals surface area contributed by atoms with Crippen LogP contribution in [0.2, 0.25) is 5.02 Å². The molecule has 94 valence electrons. The molecule has 0 fully saturated rings. The Bertz CT molecular complexity index is 577. The van der Waals surface area contributed by atoms with E-state index in [2.05, 4.69) is 52.5 Å².